The minimum Gasteiger partial charge on any atom is -0.431 e. The summed E-state index contributed by atoms with van der Waals surface area (Å²) in [4.78, 5) is 11.3. The van der Waals surface area contributed by atoms with Crippen molar-refractivity contribution < 1.29 is 36.2 Å². The lowest BCUT2D eigenvalue weighted by Gasteiger charge is -2.14. The number of carbonyl (C=O) groups excluding carboxylic acids is 1. The fourth-order valence-corrected chi connectivity index (χ4v) is 1.28. The number of ketones is 1. The Bertz CT molecular complexity index is 456. The maximum absolute atomic E-state index is 12.1. The summed E-state index contributed by atoms with van der Waals surface area (Å²) in [6.45, 7) is -1.79. The van der Waals surface area contributed by atoms with Gasteiger partial charge in [0.25, 0.3) is 0 Å². The number of alkyl halides is 5. The van der Waals surface area contributed by atoms with Gasteiger partial charge in [0.1, 0.15) is 0 Å². The van der Waals surface area contributed by atoms with E-state index < -0.39 is 30.3 Å². The highest BCUT2D eigenvalue weighted by atomic mass is 19.4. The Kier molecular flexibility index (Phi) is 4.68. The zero-order valence-electron chi connectivity index (χ0n) is 9.63. The van der Waals surface area contributed by atoms with Gasteiger partial charge < -0.3 is 9.47 Å². The fourth-order valence-electron chi connectivity index (χ4n) is 1.28. The lowest BCUT2D eigenvalue weighted by Crippen LogP contribution is -2.18. The summed E-state index contributed by atoms with van der Waals surface area (Å²) in [5.74, 6) is -2.22. The van der Waals surface area contributed by atoms with Gasteiger partial charge >= 0.3 is 13.0 Å². The minimum atomic E-state index is -5.08. The predicted octanol–water partition coefficient (Wildman–Crippen LogP) is 3.78. The predicted molar refractivity (Wildman–Crippen MR) is 54.4 cm³/mol. The van der Waals surface area contributed by atoms with Crippen LogP contribution in [0.15, 0.2) is 18.2 Å². The zero-order chi connectivity index (χ0) is 14.6. The van der Waals surface area contributed by atoms with Crippen molar-refractivity contribution in [2.24, 2.45) is 0 Å². The van der Waals surface area contributed by atoms with Gasteiger partial charge in [0, 0.05) is 12.0 Å². The van der Waals surface area contributed by atoms with E-state index in [2.05, 4.69) is 9.47 Å². The van der Waals surface area contributed by atoms with Crippen LogP contribution in [-0.2, 0) is 0 Å². The molecule has 0 heterocycles. The molecule has 0 aliphatic rings. The molecular formula is C11H9F5O3. The fraction of sp³-hybridized carbons (Fsp3) is 0.364. The Morgan fingerprint density at radius 1 is 1.26 bits per heavy atom. The van der Waals surface area contributed by atoms with Crippen molar-refractivity contribution in [3.8, 4) is 11.5 Å². The molecule has 0 aliphatic heterocycles. The molecule has 1 aromatic carbocycles. The molecule has 0 saturated carbocycles. The molecule has 0 spiro atoms. The van der Waals surface area contributed by atoms with E-state index in [9.17, 15) is 26.7 Å². The van der Waals surface area contributed by atoms with Gasteiger partial charge in [-0.1, -0.05) is 6.92 Å². The van der Waals surface area contributed by atoms with Crippen molar-refractivity contribution in [1.29, 1.82) is 0 Å². The second-order valence-corrected chi connectivity index (χ2v) is 3.36. The average Bonchev–Trinajstić information content (AvgIpc) is 2.28. The number of benzene rings is 1. The van der Waals surface area contributed by atoms with Crippen LogP contribution in [0.5, 0.6) is 11.5 Å². The Hall–Kier alpha value is -1.86. The first-order valence-electron chi connectivity index (χ1n) is 5.10. The molecule has 0 saturated heterocycles. The van der Waals surface area contributed by atoms with E-state index in [1.54, 1.807) is 0 Å². The van der Waals surface area contributed by atoms with Crippen LogP contribution in [0.2, 0.25) is 0 Å². The highest BCUT2D eigenvalue weighted by molar-refractivity contribution is 5.96. The normalized spacial score (nSPS) is 11.5. The molecule has 0 amide bonds. The number of hydrogen-bond donors (Lipinski definition) is 0. The van der Waals surface area contributed by atoms with Gasteiger partial charge in [-0.15, -0.1) is 13.2 Å². The highest BCUT2D eigenvalue weighted by Gasteiger charge is 2.33. The van der Waals surface area contributed by atoms with E-state index in [1.165, 1.54) is 6.92 Å². The van der Waals surface area contributed by atoms with Gasteiger partial charge in [0.15, 0.2) is 17.3 Å². The number of rotatable bonds is 5. The highest BCUT2D eigenvalue weighted by Crippen LogP contribution is 2.34. The minimum absolute atomic E-state index is 0.0561. The van der Waals surface area contributed by atoms with Crippen LogP contribution in [0.3, 0.4) is 0 Å². The number of carbonyl (C=O) groups is 1. The van der Waals surface area contributed by atoms with E-state index in [-0.39, 0.29) is 12.0 Å². The summed E-state index contributed by atoms with van der Waals surface area (Å²) in [6.07, 6.45) is -5.02. The van der Waals surface area contributed by atoms with Crippen molar-refractivity contribution in [3.05, 3.63) is 23.8 Å². The van der Waals surface area contributed by atoms with E-state index in [0.29, 0.717) is 0 Å². The molecule has 0 radical (unpaired) electrons. The summed E-state index contributed by atoms with van der Waals surface area (Å²) < 4.78 is 67.9. The second kappa shape index (κ2) is 5.85. The SMILES string of the molecule is CCC(=O)c1ccc(OC(F)F)c(OC(F)(F)F)c1. The van der Waals surface area contributed by atoms with Crippen LogP contribution in [0.25, 0.3) is 0 Å². The van der Waals surface area contributed by atoms with Crippen LogP contribution < -0.4 is 9.47 Å². The van der Waals surface area contributed by atoms with Crippen molar-refractivity contribution >= 4 is 5.78 Å². The van der Waals surface area contributed by atoms with E-state index in [0.717, 1.165) is 18.2 Å². The van der Waals surface area contributed by atoms with Crippen LogP contribution in [0, 0.1) is 0 Å². The van der Waals surface area contributed by atoms with Crippen LogP contribution in [0.1, 0.15) is 23.7 Å². The molecule has 0 aliphatic carbocycles. The summed E-state index contributed by atoms with van der Waals surface area (Å²) in [5.41, 5.74) is -0.0802. The Balaban J connectivity index is 3.14. The third kappa shape index (κ3) is 4.72. The third-order valence-electron chi connectivity index (χ3n) is 2.03. The third-order valence-corrected chi connectivity index (χ3v) is 2.03. The number of hydrogen-bond acceptors (Lipinski definition) is 3. The van der Waals surface area contributed by atoms with Gasteiger partial charge in [-0.05, 0) is 18.2 Å². The molecule has 0 bridgehead atoms. The summed E-state index contributed by atoms with van der Waals surface area (Å²) in [7, 11) is 0. The number of halogens is 5. The lowest BCUT2D eigenvalue weighted by atomic mass is 10.1. The molecule has 8 heteroatoms. The summed E-state index contributed by atoms with van der Waals surface area (Å²) in [6, 6.07) is 2.64. The van der Waals surface area contributed by atoms with Crippen LogP contribution in [-0.4, -0.2) is 18.8 Å². The van der Waals surface area contributed by atoms with Gasteiger partial charge in [0.2, 0.25) is 0 Å². The standard InChI is InChI=1S/C11H9F5O3/c1-2-7(17)6-3-4-8(18-10(12)13)9(5-6)19-11(14,15)16/h3-5,10H,2H2,1H3. The molecular weight excluding hydrogens is 275 g/mol. The smallest absolute Gasteiger partial charge is 0.431 e. The molecule has 0 atom stereocenters. The maximum Gasteiger partial charge on any atom is 0.573 e. The molecule has 106 valence electrons. The molecule has 19 heavy (non-hydrogen) atoms. The monoisotopic (exact) mass is 284 g/mol. The van der Waals surface area contributed by atoms with Crippen molar-refractivity contribution in [2.45, 2.75) is 26.3 Å². The Labute approximate surface area is 104 Å². The van der Waals surface area contributed by atoms with Gasteiger partial charge in [-0.2, -0.15) is 8.78 Å². The first-order chi connectivity index (χ1) is 8.73. The largest absolute Gasteiger partial charge is 0.573 e. The molecule has 1 aromatic rings. The van der Waals surface area contributed by atoms with Crippen LogP contribution >= 0.6 is 0 Å². The molecule has 1 rings (SSSR count). The molecule has 0 unspecified atom stereocenters. The summed E-state index contributed by atoms with van der Waals surface area (Å²) >= 11 is 0. The van der Waals surface area contributed by atoms with Gasteiger partial charge in [-0.25, -0.2) is 0 Å². The quantitative estimate of drug-likeness (QED) is 0.609. The van der Waals surface area contributed by atoms with Crippen molar-refractivity contribution in [2.75, 3.05) is 0 Å². The number of Topliss-reactive ketones (excluding diaryl/α,β-unsaturated/α-hetero) is 1. The molecule has 3 nitrogen and oxygen atoms in total. The van der Waals surface area contributed by atoms with Crippen molar-refractivity contribution in [1.82, 2.24) is 0 Å². The van der Waals surface area contributed by atoms with Crippen molar-refractivity contribution in [3.63, 3.8) is 0 Å². The molecule has 0 fully saturated rings. The maximum atomic E-state index is 12.1. The van der Waals surface area contributed by atoms with E-state index in [1.807, 2.05) is 0 Å². The van der Waals surface area contributed by atoms with Gasteiger partial charge in [0.05, 0.1) is 0 Å². The second-order valence-electron chi connectivity index (χ2n) is 3.36. The van der Waals surface area contributed by atoms with E-state index >= 15 is 0 Å². The Morgan fingerprint density at radius 3 is 2.37 bits per heavy atom. The zero-order valence-corrected chi connectivity index (χ0v) is 9.63. The average molecular weight is 284 g/mol. The Morgan fingerprint density at radius 2 is 1.89 bits per heavy atom. The molecule has 0 N–H and O–H groups in total. The summed E-state index contributed by atoms with van der Waals surface area (Å²) in [5, 5.41) is 0. The molecule has 0 aromatic heterocycles. The van der Waals surface area contributed by atoms with Gasteiger partial charge in [-0.3, -0.25) is 4.79 Å². The lowest BCUT2D eigenvalue weighted by molar-refractivity contribution is -0.275. The number of ether oxygens (including phenoxy) is 2. The topological polar surface area (TPSA) is 35.5 Å². The first-order valence-corrected chi connectivity index (χ1v) is 5.10. The first kappa shape index (κ1) is 15.2. The van der Waals surface area contributed by atoms with E-state index in [4.69, 9.17) is 0 Å². The van der Waals surface area contributed by atoms with Crippen LogP contribution in [0.4, 0.5) is 22.0 Å².